The Morgan fingerprint density at radius 2 is 1.20 bits per heavy atom. The van der Waals surface area contributed by atoms with Gasteiger partial charge in [-0.3, -0.25) is 38.6 Å². The molecule has 0 heterocycles. The van der Waals surface area contributed by atoms with E-state index < -0.39 is 84.0 Å². The molecule has 326 valence electrons. The molecule has 0 fully saturated rings. The van der Waals surface area contributed by atoms with Crippen LogP contribution in [-0.4, -0.2) is 108 Å². The highest BCUT2D eigenvalue weighted by Gasteiger charge is 2.29. The fraction of sp³-hybridized carbons (Fsp3) is 0.395. The first kappa shape index (κ1) is 49.5. The number of rotatable bonds is 25. The van der Waals surface area contributed by atoms with E-state index in [4.69, 9.17) is 34.4 Å². The molecule has 0 aliphatic carbocycles. The maximum Gasteiger partial charge on any atom is 0.253 e. The molecule has 60 heavy (non-hydrogen) atoms. The molecule has 21 nitrogen and oxygen atoms in total. The summed E-state index contributed by atoms with van der Waals surface area (Å²) in [4.78, 5) is 98.5. The zero-order chi connectivity index (χ0) is 44.8. The molecule has 0 bridgehead atoms. The van der Waals surface area contributed by atoms with Crippen molar-refractivity contribution in [2.45, 2.75) is 62.7 Å². The molecule has 0 aliphatic rings. The summed E-state index contributed by atoms with van der Waals surface area (Å²) in [6.07, 6.45) is 0.482. The van der Waals surface area contributed by atoms with Gasteiger partial charge < -0.3 is 66.3 Å². The fourth-order valence-electron chi connectivity index (χ4n) is 5.24. The first-order valence-corrected chi connectivity index (χ1v) is 19.7. The molecule has 22 heteroatoms. The van der Waals surface area contributed by atoms with Crippen LogP contribution < -0.4 is 66.3 Å². The van der Waals surface area contributed by atoms with Crippen LogP contribution in [0.3, 0.4) is 0 Å². The Labute approximate surface area is 352 Å². The van der Waals surface area contributed by atoms with Crippen LogP contribution in [-0.2, 0) is 46.4 Å². The molecular formula is C38H56N14O7S. The molecule has 0 radical (unpaired) electrons. The van der Waals surface area contributed by atoms with E-state index in [0.717, 1.165) is 22.9 Å². The maximum absolute atomic E-state index is 13.4. The van der Waals surface area contributed by atoms with Gasteiger partial charge in [0.1, 0.15) is 18.1 Å². The number of primary amides is 1. The van der Waals surface area contributed by atoms with Crippen LogP contribution in [0.5, 0.6) is 0 Å². The minimum atomic E-state index is -1.39. The highest BCUT2D eigenvalue weighted by atomic mass is 32.2. The number of carbonyl (C=O) groups excluding carboxylic acids is 7. The topological polar surface area (TPSA) is 373 Å². The number of benzene rings is 2. The van der Waals surface area contributed by atoms with Gasteiger partial charge in [0, 0.05) is 13.0 Å². The standard InChI is InChI=1S/C38H56N14O7S/c1-21(17-47-37(41)42)14-22(2)30(34(58)49-23(3)31(40)55)51-28(53)18-46-35(59)36(60-20-48-38(43)44)52-29(54)19-45-33(57)27(16-25-12-8-5-9-13-25)50-32(56)26(39)15-24-10-6-4-7-11-24/h4-13,21,23,26-27,30,36H,2,14-20,39H2,1,3H3,(H2,40,55)(H,45,57)(H,46,59)(H,49,58)(H,50,56)(H,51,53)(H,52,54)(H4,41,42,47)(H4,43,44,48)/t21?,23-,26+,27-,30+,36+/m0/s1. The van der Waals surface area contributed by atoms with Crippen LogP contribution in [0.15, 0.2) is 82.8 Å². The molecule has 0 saturated carbocycles. The van der Waals surface area contributed by atoms with Crippen LogP contribution in [0.4, 0.5) is 0 Å². The van der Waals surface area contributed by atoms with E-state index in [2.05, 4.69) is 48.5 Å². The summed E-state index contributed by atoms with van der Waals surface area (Å²) in [7, 11) is 0. The van der Waals surface area contributed by atoms with E-state index in [9.17, 15) is 33.6 Å². The van der Waals surface area contributed by atoms with Crippen molar-refractivity contribution < 1.29 is 33.6 Å². The molecule has 6 atom stereocenters. The third-order valence-corrected chi connectivity index (χ3v) is 9.32. The van der Waals surface area contributed by atoms with Crippen molar-refractivity contribution in [2.24, 2.45) is 50.3 Å². The third kappa shape index (κ3) is 19.2. The van der Waals surface area contributed by atoms with Gasteiger partial charge in [-0.2, -0.15) is 0 Å². The van der Waals surface area contributed by atoms with Gasteiger partial charge in [0.25, 0.3) is 5.91 Å². The Hall–Kier alpha value is -6.68. The smallest absolute Gasteiger partial charge is 0.253 e. The second-order valence-corrected chi connectivity index (χ2v) is 14.7. The fourth-order valence-corrected chi connectivity index (χ4v) is 6.06. The average molecular weight is 853 g/mol. The van der Waals surface area contributed by atoms with Crippen LogP contribution in [0, 0.1) is 5.92 Å². The Balaban J connectivity index is 2.12. The van der Waals surface area contributed by atoms with Crippen LogP contribution in [0.2, 0.25) is 0 Å². The lowest BCUT2D eigenvalue weighted by molar-refractivity contribution is -0.131. The molecule has 0 aliphatic heterocycles. The van der Waals surface area contributed by atoms with E-state index in [1.54, 1.807) is 37.3 Å². The van der Waals surface area contributed by atoms with E-state index in [1.807, 2.05) is 30.3 Å². The minimum Gasteiger partial charge on any atom is -0.370 e. The van der Waals surface area contributed by atoms with Crippen LogP contribution in [0.25, 0.3) is 0 Å². The van der Waals surface area contributed by atoms with Gasteiger partial charge in [-0.15, -0.1) is 11.8 Å². The van der Waals surface area contributed by atoms with Gasteiger partial charge in [-0.05, 0) is 42.4 Å². The molecule has 7 amide bonds. The number of hydrogen-bond acceptors (Lipinski definition) is 11. The molecule has 1 unspecified atom stereocenters. The van der Waals surface area contributed by atoms with Gasteiger partial charge in [-0.25, -0.2) is 4.99 Å². The average Bonchev–Trinajstić information content (AvgIpc) is 3.19. The van der Waals surface area contributed by atoms with Crippen molar-refractivity contribution in [3.8, 4) is 0 Å². The SMILES string of the molecule is C=C(CC(C)CN=C(N)N)[C@@H](NC(=O)CNC(=O)[C@H](NC(=O)CNC(=O)[C@H](Cc1ccccc1)NC(=O)[C@H](N)Cc1ccccc1)SCN=C(N)N)C(=O)N[C@@H](C)C(N)=O. The van der Waals surface area contributed by atoms with Crippen molar-refractivity contribution in [1.29, 1.82) is 0 Å². The number of aliphatic imine (C=N–C) groups is 2. The van der Waals surface area contributed by atoms with Crippen molar-refractivity contribution in [3.63, 3.8) is 0 Å². The highest BCUT2D eigenvalue weighted by molar-refractivity contribution is 8.00. The van der Waals surface area contributed by atoms with Crippen molar-refractivity contribution in [3.05, 3.63) is 83.9 Å². The normalized spacial score (nSPS) is 13.6. The van der Waals surface area contributed by atoms with Crippen molar-refractivity contribution >= 4 is 65.0 Å². The quantitative estimate of drug-likeness (QED) is 0.0198. The molecule has 0 spiro atoms. The van der Waals surface area contributed by atoms with E-state index in [-0.39, 0.29) is 55.1 Å². The van der Waals surface area contributed by atoms with E-state index in [0.29, 0.717) is 0 Å². The number of guanidine groups is 2. The van der Waals surface area contributed by atoms with Gasteiger partial charge in [-0.1, -0.05) is 74.2 Å². The van der Waals surface area contributed by atoms with Gasteiger partial charge in [0.15, 0.2) is 17.3 Å². The van der Waals surface area contributed by atoms with E-state index >= 15 is 0 Å². The second kappa shape index (κ2) is 25.6. The number of nitrogens with two attached hydrogens (primary N) is 6. The molecule has 2 rings (SSSR count). The summed E-state index contributed by atoms with van der Waals surface area (Å²) < 4.78 is 0. The first-order valence-electron chi connectivity index (χ1n) is 18.6. The molecule has 0 saturated heterocycles. The molecule has 2 aromatic carbocycles. The van der Waals surface area contributed by atoms with Gasteiger partial charge >= 0.3 is 0 Å². The summed E-state index contributed by atoms with van der Waals surface area (Å²) in [6.45, 7) is 5.96. The third-order valence-electron chi connectivity index (χ3n) is 8.37. The predicted molar refractivity (Wildman–Crippen MR) is 229 cm³/mol. The highest BCUT2D eigenvalue weighted by Crippen LogP contribution is 2.15. The molecule has 2 aromatic rings. The largest absolute Gasteiger partial charge is 0.370 e. The van der Waals surface area contributed by atoms with Crippen LogP contribution >= 0.6 is 11.8 Å². The molecule has 0 aromatic heterocycles. The van der Waals surface area contributed by atoms with Crippen molar-refractivity contribution in [1.82, 2.24) is 31.9 Å². The predicted octanol–water partition coefficient (Wildman–Crippen LogP) is -3.75. The molecule has 18 N–H and O–H groups in total. The van der Waals surface area contributed by atoms with Crippen LogP contribution in [0.1, 0.15) is 31.4 Å². The monoisotopic (exact) mass is 852 g/mol. The number of thioether (sulfide) groups is 1. The Bertz CT molecular complexity index is 1860. The van der Waals surface area contributed by atoms with E-state index in [1.165, 1.54) is 6.92 Å². The zero-order valence-electron chi connectivity index (χ0n) is 33.5. The van der Waals surface area contributed by atoms with Gasteiger partial charge in [0.05, 0.1) is 25.0 Å². The summed E-state index contributed by atoms with van der Waals surface area (Å²) in [5, 5.41) is 13.5. The summed E-state index contributed by atoms with van der Waals surface area (Å²) in [6, 6.07) is 13.5. The number of nitrogens with zero attached hydrogens (tertiary/aromatic N) is 2. The maximum atomic E-state index is 13.4. The minimum absolute atomic E-state index is 0.0799. The number of nitrogens with one attached hydrogen (secondary N) is 6. The number of amides is 7. The lowest BCUT2D eigenvalue weighted by atomic mass is 9.96. The number of hydrogen-bond donors (Lipinski definition) is 12. The lowest BCUT2D eigenvalue weighted by Crippen LogP contribution is -2.55. The summed E-state index contributed by atoms with van der Waals surface area (Å²) in [5.41, 5.74) is 34.9. The van der Waals surface area contributed by atoms with Gasteiger partial charge in [0.2, 0.25) is 35.4 Å². The second-order valence-electron chi connectivity index (χ2n) is 13.7. The Kier molecular flexibility index (Phi) is 21.1. The Morgan fingerprint density at radius 1 is 0.667 bits per heavy atom. The van der Waals surface area contributed by atoms with Crippen molar-refractivity contribution in [2.75, 3.05) is 25.5 Å². The lowest BCUT2D eigenvalue weighted by Gasteiger charge is -2.24. The molecular weight excluding hydrogens is 797 g/mol. The summed E-state index contributed by atoms with van der Waals surface area (Å²) >= 11 is 0.782. The number of carbonyl (C=O) groups is 7. The summed E-state index contributed by atoms with van der Waals surface area (Å²) in [5.74, 6) is -6.24. The first-order chi connectivity index (χ1) is 28.4. The zero-order valence-corrected chi connectivity index (χ0v) is 34.3. The Morgan fingerprint density at radius 3 is 1.75 bits per heavy atom.